The SMILES string of the molecule is O=CO[O-].[Li+].[Li]. The molecule has 0 N–H and O–H groups in total. The number of hydrogen-bond donors (Lipinski definition) is 0. The van der Waals surface area contributed by atoms with Crippen LogP contribution in [-0.4, -0.2) is 25.3 Å². The predicted octanol–water partition coefficient (Wildman–Crippen LogP) is -4.94. The van der Waals surface area contributed by atoms with Gasteiger partial charge in [-0.3, -0.25) is 4.79 Å². The van der Waals surface area contributed by atoms with Crippen LogP contribution in [0.2, 0.25) is 0 Å². The van der Waals surface area contributed by atoms with E-state index in [1.54, 1.807) is 0 Å². The summed E-state index contributed by atoms with van der Waals surface area (Å²) in [5.74, 6) is 0. The minimum absolute atomic E-state index is 0. The maximum absolute atomic E-state index is 8.64. The zero-order valence-electron chi connectivity index (χ0n) is 3.80. The molecule has 0 aliphatic carbocycles. The standard InChI is InChI=1S/CH2O3.2Li/c2-1-4-3;;/h1,3H;;/q;;+1/p-1. The first-order chi connectivity index (χ1) is 1.91. The molecule has 0 rings (SSSR count). The van der Waals surface area contributed by atoms with Crippen LogP contribution in [0.25, 0.3) is 0 Å². The number of carbonyl (C=O) groups is 1. The molecule has 0 aliphatic heterocycles. The van der Waals surface area contributed by atoms with Crippen molar-refractivity contribution in [2.24, 2.45) is 0 Å². The van der Waals surface area contributed by atoms with E-state index in [-0.39, 0.29) is 44.2 Å². The first-order valence-electron chi connectivity index (χ1n) is 0.638. The monoisotopic (exact) mass is 75.0 g/mol. The summed E-state index contributed by atoms with van der Waals surface area (Å²) in [5, 5.41) is 8.43. The van der Waals surface area contributed by atoms with E-state index in [0.717, 1.165) is 0 Å². The van der Waals surface area contributed by atoms with E-state index in [2.05, 4.69) is 4.89 Å². The van der Waals surface area contributed by atoms with Gasteiger partial charge in [0.05, 0.1) is 0 Å². The van der Waals surface area contributed by atoms with Crippen LogP contribution in [0.4, 0.5) is 0 Å². The average Bonchev–Trinajstić information content (AvgIpc) is 1.37. The van der Waals surface area contributed by atoms with Crippen molar-refractivity contribution in [2.45, 2.75) is 0 Å². The molecule has 0 heterocycles. The molecule has 25 valence electrons. The zero-order chi connectivity index (χ0) is 3.41. The molecule has 0 fully saturated rings. The van der Waals surface area contributed by atoms with Crippen LogP contribution < -0.4 is 24.1 Å². The van der Waals surface area contributed by atoms with Gasteiger partial charge in [0.15, 0.2) is 0 Å². The summed E-state index contributed by atoms with van der Waals surface area (Å²) in [5.41, 5.74) is 0. The van der Waals surface area contributed by atoms with E-state index < -0.39 is 0 Å². The summed E-state index contributed by atoms with van der Waals surface area (Å²) in [4.78, 5) is 11.2. The summed E-state index contributed by atoms with van der Waals surface area (Å²) >= 11 is 0. The Labute approximate surface area is 59.3 Å². The second-order valence-electron chi connectivity index (χ2n) is 0.192. The van der Waals surface area contributed by atoms with Crippen molar-refractivity contribution in [3.05, 3.63) is 0 Å². The minimum Gasteiger partial charge on any atom is -0.662 e. The molecule has 0 amide bonds. The van der Waals surface area contributed by atoms with Crippen LogP contribution >= 0.6 is 0 Å². The molecule has 0 aliphatic rings. The third kappa shape index (κ3) is 23.0. The molecule has 0 aromatic rings. The van der Waals surface area contributed by atoms with Crippen LogP contribution in [0, 0.1) is 0 Å². The Balaban J connectivity index is -0.0000000450. The molecule has 5 heteroatoms. The molecule has 0 atom stereocenters. The Morgan fingerprint density at radius 3 is 1.83 bits per heavy atom. The number of rotatable bonds is 1. The van der Waals surface area contributed by atoms with Gasteiger partial charge in [-0.05, 0) is 0 Å². The van der Waals surface area contributed by atoms with Crippen LogP contribution in [0.5, 0.6) is 0 Å². The molecule has 6 heavy (non-hydrogen) atoms. The third-order valence-corrected chi connectivity index (χ3v) is 0.0393. The van der Waals surface area contributed by atoms with Gasteiger partial charge in [0.25, 0.3) is 6.47 Å². The van der Waals surface area contributed by atoms with Gasteiger partial charge < -0.3 is 10.1 Å². The van der Waals surface area contributed by atoms with Gasteiger partial charge >= 0.3 is 18.9 Å². The second kappa shape index (κ2) is 17.5. The van der Waals surface area contributed by atoms with E-state index >= 15 is 0 Å². The van der Waals surface area contributed by atoms with Gasteiger partial charge in [0.1, 0.15) is 0 Å². The van der Waals surface area contributed by atoms with Crippen molar-refractivity contribution in [1.29, 1.82) is 0 Å². The van der Waals surface area contributed by atoms with E-state index in [4.69, 9.17) is 10.1 Å². The molecule has 0 aromatic heterocycles. The molecule has 3 nitrogen and oxygen atoms in total. The van der Waals surface area contributed by atoms with Gasteiger partial charge in [-0.15, -0.1) is 0 Å². The maximum atomic E-state index is 8.64. The third-order valence-electron chi connectivity index (χ3n) is 0.0393. The van der Waals surface area contributed by atoms with Crippen LogP contribution in [-0.2, 0) is 9.68 Å². The first-order valence-corrected chi connectivity index (χ1v) is 0.638. The summed E-state index contributed by atoms with van der Waals surface area (Å²) in [6.45, 7) is -0.181. The van der Waals surface area contributed by atoms with Crippen LogP contribution in [0.3, 0.4) is 0 Å². The molecule has 0 saturated carbocycles. The Kier molecular flexibility index (Phi) is 46.4. The van der Waals surface area contributed by atoms with Crippen molar-refractivity contribution in [3.8, 4) is 0 Å². The van der Waals surface area contributed by atoms with Crippen molar-refractivity contribution < 1.29 is 33.8 Å². The van der Waals surface area contributed by atoms with Crippen molar-refractivity contribution in [2.75, 3.05) is 0 Å². The maximum Gasteiger partial charge on any atom is 1.00 e. The Bertz CT molecular complexity index is 22.8. The second-order valence-corrected chi connectivity index (χ2v) is 0.192. The Morgan fingerprint density at radius 2 is 1.83 bits per heavy atom. The van der Waals surface area contributed by atoms with Crippen molar-refractivity contribution in [1.82, 2.24) is 0 Å². The molecule has 0 unspecified atom stereocenters. The topological polar surface area (TPSA) is 49.4 Å². The Hall–Kier alpha value is 0.625. The van der Waals surface area contributed by atoms with E-state index in [9.17, 15) is 0 Å². The molecule has 1 radical (unpaired) electrons. The summed E-state index contributed by atoms with van der Waals surface area (Å²) in [6.07, 6.45) is 0. The average molecular weight is 74.9 g/mol. The van der Waals surface area contributed by atoms with E-state index in [0.29, 0.717) is 0 Å². The number of hydrogen-bond acceptors (Lipinski definition) is 3. The number of carbonyl (C=O) groups excluding carboxylic acids is 1. The van der Waals surface area contributed by atoms with Gasteiger partial charge in [-0.2, -0.15) is 0 Å². The fourth-order valence-corrected chi connectivity index (χ4v) is 0. The Morgan fingerprint density at radius 1 is 1.67 bits per heavy atom. The summed E-state index contributed by atoms with van der Waals surface area (Å²) in [7, 11) is 0. The summed E-state index contributed by atoms with van der Waals surface area (Å²) < 4.78 is 0. The van der Waals surface area contributed by atoms with Gasteiger partial charge in [-0.1, -0.05) is 0 Å². The fraction of sp³-hybridized carbons (Fsp3) is 0. The quantitative estimate of drug-likeness (QED) is 0.136. The molecular formula is CHLi2O3. The first kappa shape index (κ1) is 16.0. The smallest absolute Gasteiger partial charge is 0.662 e. The fourth-order valence-electron chi connectivity index (χ4n) is 0. The normalized spacial score (nSPS) is 3.50. The summed E-state index contributed by atoms with van der Waals surface area (Å²) in [6, 6.07) is 0. The zero-order valence-corrected chi connectivity index (χ0v) is 3.80. The molecule has 0 saturated heterocycles. The van der Waals surface area contributed by atoms with Gasteiger partial charge in [-0.25, -0.2) is 0 Å². The van der Waals surface area contributed by atoms with E-state index in [1.165, 1.54) is 0 Å². The van der Waals surface area contributed by atoms with Crippen LogP contribution in [0.1, 0.15) is 0 Å². The molecule has 0 bridgehead atoms. The largest absolute Gasteiger partial charge is 1.00 e. The van der Waals surface area contributed by atoms with Crippen molar-refractivity contribution in [3.63, 3.8) is 0 Å². The predicted molar refractivity (Wildman–Crippen MR) is 12.9 cm³/mol. The van der Waals surface area contributed by atoms with Gasteiger partial charge in [0, 0.05) is 18.9 Å². The molecular weight excluding hydrogens is 73.9 g/mol. The van der Waals surface area contributed by atoms with Gasteiger partial charge in [0.2, 0.25) is 0 Å². The minimum atomic E-state index is -0.181. The van der Waals surface area contributed by atoms with Crippen molar-refractivity contribution >= 4 is 25.3 Å². The van der Waals surface area contributed by atoms with E-state index in [1.807, 2.05) is 0 Å². The molecule has 0 spiro atoms. The van der Waals surface area contributed by atoms with Crippen LogP contribution in [0.15, 0.2) is 0 Å². The molecule has 0 aromatic carbocycles.